The van der Waals surface area contributed by atoms with E-state index in [4.69, 9.17) is 0 Å². The van der Waals surface area contributed by atoms with Gasteiger partial charge in [-0.05, 0) is 32.5 Å². The van der Waals surface area contributed by atoms with Gasteiger partial charge >= 0.3 is 6.03 Å². The minimum absolute atomic E-state index is 0.202. The van der Waals surface area contributed by atoms with Crippen LogP contribution in [0.5, 0.6) is 0 Å². The van der Waals surface area contributed by atoms with E-state index in [0.717, 1.165) is 23.2 Å². The van der Waals surface area contributed by atoms with Gasteiger partial charge in [-0.15, -0.1) is 0 Å². The lowest BCUT2D eigenvalue weighted by Crippen LogP contribution is -2.38. The molecule has 1 atom stereocenters. The Kier molecular flexibility index (Phi) is 5.52. The number of nitrogens with zero attached hydrogens (tertiary/aromatic N) is 2. The van der Waals surface area contributed by atoms with Crippen LogP contribution in [0.3, 0.4) is 0 Å². The number of para-hydroxylation sites is 1. The Morgan fingerprint density at radius 2 is 2.19 bits per heavy atom. The van der Waals surface area contributed by atoms with Gasteiger partial charge in [0.1, 0.15) is 0 Å². The Labute approximate surface area is 129 Å². The maximum atomic E-state index is 11.8. The number of hydrogen-bond acceptors (Lipinski definition) is 4. The molecule has 2 N–H and O–H groups in total. The van der Waals surface area contributed by atoms with Crippen LogP contribution in [0.15, 0.2) is 24.3 Å². The van der Waals surface area contributed by atoms with E-state index in [2.05, 4.69) is 41.4 Å². The summed E-state index contributed by atoms with van der Waals surface area (Å²) in [5, 5.41) is 6.28. The van der Waals surface area contributed by atoms with Crippen LogP contribution in [0.25, 0.3) is 10.2 Å². The van der Waals surface area contributed by atoms with Crippen LogP contribution < -0.4 is 10.6 Å². The van der Waals surface area contributed by atoms with Gasteiger partial charge in [-0.2, -0.15) is 0 Å². The van der Waals surface area contributed by atoms with Crippen LogP contribution in [0, 0.1) is 0 Å². The molecule has 0 bridgehead atoms. The van der Waals surface area contributed by atoms with E-state index in [1.54, 1.807) is 0 Å². The Balaban J connectivity index is 1.79. The molecule has 2 rings (SSSR count). The van der Waals surface area contributed by atoms with Gasteiger partial charge in [0, 0.05) is 19.1 Å². The molecular formula is C15H22N4OS. The first kappa shape index (κ1) is 15.7. The topological polar surface area (TPSA) is 57.3 Å². The number of nitrogens with one attached hydrogen (secondary N) is 2. The number of anilines is 1. The smallest absolute Gasteiger partial charge is 0.321 e. The van der Waals surface area contributed by atoms with E-state index in [1.165, 1.54) is 11.3 Å². The lowest BCUT2D eigenvalue weighted by molar-refractivity contribution is 0.238. The number of fused-ring (bicyclic) bond motifs is 1. The van der Waals surface area contributed by atoms with E-state index in [0.29, 0.717) is 17.7 Å². The van der Waals surface area contributed by atoms with E-state index < -0.39 is 0 Å². The quantitative estimate of drug-likeness (QED) is 0.862. The van der Waals surface area contributed by atoms with E-state index in [1.807, 2.05) is 24.3 Å². The third-order valence-electron chi connectivity index (χ3n) is 3.61. The molecule has 0 saturated carbocycles. The molecule has 1 aromatic heterocycles. The molecule has 0 aliphatic carbocycles. The van der Waals surface area contributed by atoms with Crippen molar-refractivity contribution >= 4 is 32.7 Å². The summed E-state index contributed by atoms with van der Waals surface area (Å²) in [5.41, 5.74) is 0.911. The molecule has 6 heteroatoms. The molecule has 0 aliphatic rings. The zero-order valence-corrected chi connectivity index (χ0v) is 13.5. The molecule has 114 valence electrons. The van der Waals surface area contributed by atoms with Crippen molar-refractivity contribution in [3.63, 3.8) is 0 Å². The molecule has 5 nitrogen and oxygen atoms in total. The zero-order chi connectivity index (χ0) is 15.2. The van der Waals surface area contributed by atoms with Crippen molar-refractivity contribution in [2.75, 3.05) is 25.5 Å². The Bertz CT molecular complexity index is 565. The first-order valence-electron chi connectivity index (χ1n) is 7.20. The maximum Gasteiger partial charge on any atom is 0.321 e. The minimum Gasteiger partial charge on any atom is -0.337 e. The van der Waals surface area contributed by atoms with E-state index >= 15 is 0 Å². The molecule has 0 unspecified atom stereocenters. The first-order valence-corrected chi connectivity index (χ1v) is 8.02. The predicted molar refractivity (Wildman–Crippen MR) is 89.0 cm³/mol. The van der Waals surface area contributed by atoms with Gasteiger partial charge in [0.15, 0.2) is 5.13 Å². The fraction of sp³-hybridized carbons (Fsp3) is 0.467. The number of benzene rings is 1. The summed E-state index contributed by atoms with van der Waals surface area (Å²) < 4.78 is 1.07. The Morgan fingerprint density at radius 3 is 2.90 bits per heavy atom. The predicted octanol–water partition coefficient (Wildman–Crippen LogP) is 3.15. The number of rotatable bonds is 6. The van der Waals surface area contributed by atoms with Gasteiger partial charge in [-0.3, -0.25) is 5.32 Å². The lowest BCUT2D eigenvalue weighted by Gasteiger charge is -2.23. The van der Waals surface area contributed by atoms with E-state index in [9.17, 15) is 4.79 Å². The van der Waals surface area contributed by atoms with Gasteiger partial charge in [0.2, 0.25) is 0 Å². The van der Waals surface area contributed by atoms with Crippen molar-refractivity contribution < 1.29 is 4.79 Å². The third kappa shape index (κ3) is 4.41. The zero-order valence-electron chi connectivity index (χ0n) is 12.7. The molecular weight excluding hydrogens is 284 g/mol. The number of hydrogen-bond donors (Lipinski definition) is 2. The van der Waals surface area contributed by atoms with Crippen LogP contribution in [-0.2, 0) is 0 Å². The normalized spacial score (nSPS) is 12.6. The summed E-state index contributed by atoms with van der Waals surface area (Å²) in [6.45, 7) is 5.80. The standard InChI is InChI=1S/C15H22N4OS/c1-4-11(2)19(3)10-9-16-14(20)18-15-17-12-7-5-6-8-13(12)21-15/h5-8,11H,4,9-10H2,1-3H3,(H2,16,17,18,20)/t11-/m0/s1. The Morgan fingerprint density at radius 1 is 1.43 bits per heavy atom. The van der Waals surface area contributed by atoms with Crippen LogP contribution >= 0.6 is 11.3 Å². The highest BCUT2D eigenvalue weighted by atomic mass is 32.1. The van der Waals surface area contributed by atoms with Crippen molar-refractivity contribution in [2.45, 2.75) is 26.3 Å². The highest BCUT2D eigenvalue weighted by Crippen LogP contribution is 2.25. The molecule has 2 aromatic rings. The average molecular weight is 306 g/mol. The molecule has 0 aliphatic heterocycles. The van der Waals surface area contributed by atoms with Gasteiger partial charge < -0.3 is 10.2 Å². The lowest BCUT2D eigenvalue weighted by atomic mass is 10.2. The first-order chi connectivity index (χ1) is 10.1. The summed E-state index contributed by atoms with van der Waals surface area (Å²) in [4.78, 5) is 18.4. The summed E-state index contributed by atoms with van der Waals surface area (Å²) in [5.74, 6) is 0. The number of urea groups is 1. The van der Waals surface area contributed by atoms with Gasteiger partial charge in [-0.25, -0.2) is 9.78 Å². The molecule has 2 amide bonds. The highest BCUT2D eigenvalue weighted by Gasteiger charge is 2.09. The van der Waals surface area contributed by atoms with Crippen LogP contribution in [-0.4, -0.2) is 42.1 Å². The summed E-state index contributed by atoms with van der Waals surface area (Å²) in [7, 11) is 2.07. The maximum absolute atomic E-state index is 11.8. The molecule has 0 spiro atoms. The molecule has 21 heavy (non-hydrogen) atoms. The van der Waals surface area contributed by atoms with Gasteiger partial charge in [-0.1, -0.05) is 30.4 Å². The second-order valence-corrected chi connectivity index (χ2v) is 6.14. The fourth-order valence-electron chi connectivity index (χ4n) is 1.94. The monoisotopic (exact) mass is 306 g/mol. The summed E-state index contributed by atoms with van der Waals surface area (Å²) in [6.07, 6.45) is 1.11. The number of carbonyl (C=O) groups is 1. The number of amides is 2. The molecule has 0 radical (unpaired) electrons. The van der Waals surface area contributed by atoms with Crippen molar-refractivity contribution in [1.29, 1.82) is 0 Å². The number of thiazole rings is 1. The van der Waals surface area contributed by atoms with Crippen LogP contribution in [0.1, 0.15) is 20.3 Å². The average Bonchev–Trinajstić information content (AvgIpc) is 2.88. The minimum atomic E-state index is -0.202. The SMILES string of the molecule is CC[C@H](C)N(C)CCNC(=O)Nc1nc2ccccc2s1. The molecule has 1 heterocycles. The second kappa shape index (κ2) is 7.38. The highest BCUT2D eigenvalue weighted by molar-refractivity contribution is 7.22. The van der Waals surface area contributed by atoms with E-state index in [-0.39, 0.29) is 6.03 Å². The van der Waals surface area contributed by atoms with Gasteiger partial charge in [0.05, 0.1) is 10.2 Å². The molecule has 0 saturated heterocycles. The third-order valence-corrected chi connectivity index (χ3v) is 4.56. The molecule has 1 aromatic carbocycles. The van der Waals surface area contributed by atoms with Crippen molar-refractivity contribution in [3.05, 3.63) is 24.3 Å². The van der Waals surface area contributed by atoms with Crippen LogP contribution in [0.4, 0.5) is 9.93 Å². The molecule has 0 fully saturated rings. The van der Waals surface area contributed by atoms with Crippen molar-refractivity contribution in [3.8, 4) is 0 Å². The van der Waals surface area contributed by atoms with Gasteiger partial charge in [0.25, 0.3) is 0 Å². The second-order valence-electron chi connectivity index (χ2n) is 5.11. The summed E-state index contributed by atoms with van der Waals surface area (Å²) >= 11 is 1.48. The van der Waals surface area contributed by atoms with Crippen LogP contribution in [0.2, 0.25) is 0 Å². The fourth-order valence-corrected chi connectivity index (χ4v) is 2.81. The van der Waals surface area contributed by atoms with Crippen molar-refractivity contribution in [2.24, 2.45) is 0 Å². The summed E-state index contributed by atoms with van der Waals surface area (Å²) in [6, 6.07) is 8.17. The Hall–Kier alpha value is -1.66. The number of carbonyl (C=O) groups excluding carboxylic acids is 1. The van der Waals surface area contributed by atoms with Crippen molar-refractivity contribution in [1.82, 2.24) is 15.2 Å². The largest absolute Gasteiger partial charge is 0.337 e. The number of aromatic nitrogens is 1. The number of likely N-dealkylation sites (N-methyl/N-ethyl adjacent to an activating group) is 1.